The second-order valence-corrected chi connectivity index (χ2v) is 7.54. The number of carbonyl (C=O) groups is 1. The van der Waals surface area contributed by atoms with Gasteiger partial charge in [-0.05, 0) is 37.1 Å². The summed E-state index contributed by atoms with van der Waals surface area (Å²) in [6.45, 7) is 7.48. The van der Waals surface area contributed by atoms with E-state index in [0.717, 1.165) is 45.7 Å². The van der Waals surface area contributed by atoms with E-state index in [0.29, 0.717) is 41.7 Å². The minimum absolute atomic E-state index is 0.134. The van der Waals surface area contributed by atoms with Gasteiger partial charge in [-0.15, -0.1) is 0 Å². The van der Waals surface area contributed by atoms with Crippen LogP contribution >= 0.6 is 0 Å². The largest absolute Gasteiger partial charge is 0.341 e. The zero-order chi connectivity index (χ0) is 19.5. The standard InChI is InChI=1S/C20H26FN5O2/c1-14-12-15(2-3-17(14)21)20-23-18(28-24-20)4-5-19(27)26-9-6-16(13-26)25-10-7-22-8-11-25/h2-3,12,16,22H,4-11,13H2,1H3. The van der Waals surface area contributed by atoms with Gasteiger partial charge in [-0.3, -0.25) is 9.69 Å². The zero-order valence-electron chi connectivity index (χ0n) is 16.2. The maximum absolute atomic E-state index is 13.4. The van der Waals surface area contributed by atoms with Crippen LogP contribution in [-0.2, 0) is 11.2 Å². The molecule has 0 aliphatic carbocycles. The van der Waals surface area contributed by atoms with E-state index in [1.807, 2.05) is 4.90 Å². The number of carbonyl (C=O) groups excluding carboxylic acids is 1. The Morgan fingerprint density at radius 1 is 1.32 bits per heavy atom. The third-order valence-electron chi connectivity index (χ3n) is 5.62. The Morgan fingerprint density at radius 2 is 2.14 bits per heavy atom. The number of halogens is 1. The summed E-state index contributed by atoms with van der Waals surface area (Å²) in [4.78, 5) is 21.4. The number of aromatic nitrogens is 2. The fraction of sp³-hybridized carbons (Fsp3) is 0.550. The summed E-state index contributed by atoms with van der Waals surface area (Å²) < 4.78 is 18.7. The van der Waals surface area contributed by atoms with Crippen molar-refractivity contribution in [3.05, 3.63) is 35.5 Å². The molecule has 1 aromatic heterocycles. The molecule has 7 nitrogen and oxygen atoms in total. The van der Waals surface area contributed by atoms with Gasteiger partial charge in [0.05, 0.1) is 0 Å². The van der Waals surface area contributed by atoms with Gasteiger partial charge >= 0.3 is 0 Å². The first kappa shape index (κ1) is 19.0. The fourth-order valence-electron chi connectivity index (χ4n) is 3.94. The minimum Gasteiger partial charge on any atom is -0.341 e. The van der Waals surface area contributed by atoms with E-state index < -0.39 is 0 Å². The van der Waals surface area contributed by atoms with Gasteiger partial charge in [0.1, 0.15) is 5.82 Å². The first-order chi connectivity index (χ1) is 13.6. The highest BCUT2D eigenvalue weighted by Crippen LogP contribution is 2.20. The molecule has 2 aliphatic heterocycles. The topological polar surface area (TPSA) is 74.5 Å². The monoisotopic (exact) mass is 387 g/mol. The van der Waals surface area contributed by atoms with Gasteiger partial charge in [0.2, 0.25) is 17.6 Å². The van der Waals surface area contributed by atoms with Crippen LogP contribution < -0.4 is 5.32 Å². The number of aryl methyl sites for hydroxylation is 2. The first-order valence-electron chi connectivity index (χ1n) is 9.92. The lowest BCUT2D eigenvalue weighted by Crippen LogP contribution is -2.49. The van der Waals surface area contributed by atoms with Crippen molar-refractivity contribution in [1.82, 2.24) is 25.3 Å². The van der Waals surface area contributed by atoms with E-state index in [4.69, 9.17) is 4.52 Å². The van der Waals surface area contributed by atoms with Crippen LogP contribution in [0.25, 0.3) is 11.4 Å². The number of benzene rings is 1. The smallest absolute Gasteiger partial charge is 0.227 e. The number of nitrogens with zero attached hydrogens (tertiary/aromatic N) is 4. The second-order valence-electron chi connectivity index (χ2n) is 7.54. The number of amides is 1. The van der Waals surface area contributed by atoms with Crippen molar-refractivity contribution in [3.63, 3.8) is 0 Å². The molecule has 2 aromatic rings. The molecule has 8 heteroatoms. The van der Waals surface area contributed by atoms with Gasteiger partial charge in [-0.2, -0.15) is 4.98 Å². The Morgan fingerprint density at radius 3 is 2.93 bits per heavy atom. The average molecular weight is 387 g/mol. The molecule has 0 radical (unpaired) electrons. The van der Waals surface area contributed by atoms with Gasteiger partial charge < -0.3 is 14.7 Å². The lowest BCUT2D eigenvalue weighted by molar-refractivity contribution is -0.130. The number of hydrogen-bond donors (Lipinski definition) is 1. The van der Waals surface area contributed by atoms with Crippen LogP contribution in [0.3, 0.4) is 0 Å². The predicted molar refractivity (Wildman–Crippen MR) is 102 cm³/mol. The second kappa shape index (κ2) is 8.36. The minimum atomic E-state index is -0.261. The number of rotatable bonds is 5. The molecule has 2 fully saturated rings. The molecule has 150 valence electrons. The SMILES string of the molecule is Cc1cc(-c2noc(CCC(=O)N3CCC(N4CCNCC4)C3)n2)ccc1F. The van der Waals surface area contributed by atoms with E-state index in [1.54, 1.807) is 19.1 Å². The summed E-state index contributed by atoms with van der Waals surface area (Å²) in [5, 5.41) is 7.33. The molecule has 2 aliphatic rings. The number of likely N-dealkylation sites (tertiary alicyclic amines) is 1. The molecule has 0 bridgehead atoms. The third kappa shape index (κ3) is 4.23. The fourth-order valence-corrected chi connectivity index (χ4v) is 3.94. The lowest BCUT2D eigenvalue weighted by Gasteiger charge is -2.32. The van der Waals surface area contributed by atoms with Crippen molar-refractivity contribution in [2.45, 2.75) is 32.2 Å². The highest BCUT2D eigenvalue weighted by atomic mass is 19.1. The summed E-state index contributed by atoms with van der Waals surface area (Å²) in [5.74, 6) is 0.728. The molecule has 1 unspecified atom stereocenters. The molecule has 0 saturated carbocycles. The van der Waals surface area contributed by atoms with Crippen LogP contribution in [0.5, 0.6) is 0 Å². The molecule has 1 N–H and O–H groups in total. The molecule has 3 heterocycles. The van der Waals surface area contributed by atoms with E-state index in [1.165, 1.54) is 6.07 Å². The number of nitrogens with one attached hydrogen (secondary N) is 1. The maximum Gasteiger partial charge on any atom is 0.227 e. The van der Waals surface area contributed by atoms with Crippen LogP contribution in [0.4, 0.5) is 4.39 Å². The predicted octanol–water partition coefficient (Wildman–Crippen LogP) is 1.62. The molecular weight excluding hydrogens is 361 g/mol. The van der Waals surface area contributed by atoms with Crippen molar-refractivity contribution < 1.29 is 13.7 Å². The van der Waals surface area contributed by atoms with Gasteiger partial charge in [-0.1, -0.05) is 5.16 Å². The van der Waals surface area contributed by atoms with Gasteiger partial charge in [0, 0.05) is 63.7 Å². The molecular formula is C20H26FN5O2. The van der Waals surface area contributed by atoms with Gasteiger partial charge in [0.25, 0.3) is 0 Å². The van der Waals surface area contributed by atoms with Crippen molar-refractivity contribution in [1.29, 1.82) is 0 Å². The van der Waals surface area contributed by atoms with Crippen LogP contribution in [-0.4, -0.2) is 71.2 Å². The number of piperazine rings is 1. The molecule has 0 spiro atoms. The summed E-state index contributed by atoms with van der Waals surface area (Å²) in [6.07, 6.45) is 1.82. The Balaban J connectivity index is 1.29. The average Bonchev–Trinajstić information content (AvgIpc) is 3.39. The Kier molecular flexibility index (Phi) is 5.68. The quantitative estimate of drug-likeness (QED) is 0.841. The lowest BCUT2D eigenvalue weighted by atomic mass is 10.1. The van der Waals surface area contributed by atoms with E-state index in [2.05, 4.69) is 20.4 Å². The normalized spacial score (nSPS) is 20.6. The maximum atomic E-state index is 13.4. The summed E-state index contributed by atoms with van der Waals surface area (Å²) in [7, 11) is 0. The van der Waals surface area contributed by atoms with E-state index >= 15 is 0 Å². The Labute approximate surface area is 163 Å². The number of hydrogen-bond acceptors (Lipinski definition) is 6. The van der Waals surface area contributed by atoms with Crippen LogP contribution in [0, 0.1) is 12.7 Å². The summed E-state index contributed by atoms with van der Waals surface area (Å²) in [6, 6.07) is 5.19. The molecule has 1 amide bonds. The highest BCUT2D eigenvalue weighted by Gasteiger charge is 2.30. The molecule has 1 atom stereocenters. The first-order valence-corrected chi connectivity index (χ1v) is 9.92. The zero-order valence-corrected chi connectivity index (χ0v) is 16.2. The van der Waals surface area contributed by atoms with E-state index in [-0.39, 0.29) is 11.7 Å². The molecule has 28 heavy (non-hydrogen) atoms. The van der Waals surface area contributed by atoms with Gasteiger partial charge in [-0.25, -0.2) is 4.39 Å². The summed E-state index contributed by atoms with van der Waals surface area (Å²) >= 11 is 0. The van der Waals surface area contributed by atoms with Crippen molar-refractivity contribution >= 4 is 5.91 Å². The van der Waals surface area contributed by atoms with Crippen molar-refractivity contribution in [2.24, 2.45) is 0 Å². The molecule has 1 aromatic carbocycles. The van der Waals surface area contributed by atoms with Gasteiger partial charge in [0.15, 0.2) is 0 Å². The Bertz CT molecular complexity index is 834. The molecule has 4 rings (SSSR count). The summed E-state index contributed by atoms with van der Waals surface area (Å²) in [5.41, 5.74) is 1.24. The Hall–Kier alpha value is -2.32. The van der Waals surface area contributed by atoms with Crippen molar-refractivity contribution in [3.8, 4) is 11.4 Å². The van der Waals surface area contributed by atoms with E-state index in [9.17, 15) is 9.18 Å². The third-order valence-corrected chi connectivity index (χ3v) is 5.62. The van der Waals surface area contributed by atoms with Crippen LogP contribution in [0.15, 0.2) is 22.7 Å². The van der Waals surface area contributed by atoms with Crippen LogP contribution in [0.2, 0.25) is 0 Å². The van der Waals surface area contributed by atoms with Crippen molar-refractivity contribution in [2.75, 3.05) is 39.3 Å². The van der Waals surface area contributed by atoms with Crippen LogP contribution in [0.1, 0.15) is 24.3 Å². The highest BCUT2D eigenvalue weighted by molar-refractivity contribution is 5.76. The molecule has 2 saturated heterocycles.